The molecule has 194 valence electrons. The van der Waals surface area contributed by atoms with E-state index in [1.165, 1.54) is 11.3 Å². The number of esters is 1. The Morgan fingerprint density at radius 3 is 2.67 bits per heavy atom. The van der Waals surface area contributed by atoms with E-state index in [2.05, 4.69) is 4.98 Å². The molecule has 3 aromatic carbocycles. The molecule has 1 atom stereocenters. The molecule has 5 aromatic rings. The van der Waals surface area contributed by atoms with Gasteiger partial charge in [-0.3, -0.25) is 9.36 Å². The van der Waals surface area contributed by atoms with Crippen LogP contribution in [-0.4, -0.2) is 29.2 Å². The number of H-pyrrole nitrogens is 1. The highest BCUT2D eigenvalue weighted by atomic mass is 32.1. The number of nitrogens with one attached hydrogen (secondary N) is 1. The van der Waals surface area contributed by atoms with E-state index in [4.69, 9.17) is 14.5 Å². The first-order chi connectivity index (χ1) is 19.1. The van der Waals surface area contributed by atoms with Crippen molar-refractivity contribution in [2.24, 2.45) is 4.99 Å². The molecule has 0 amide bonds. The fraction of sp³-hybridized carbons (Fsp3) is 0.129. The standard InChI is InChI=1S/C31H25N3O4S/c1-3-38-30(36)26-27(19-10-5-4-6-11-19)33-31-34(28(26)20-12-9-13-22(16-20)37-2)29(35)25(39-31)17-21-18-32-24-15-8-7-14-23(21)24/h4-18,28,32H,3H2,1-2H3/b25-17+/t28-/m1/s1. The molecule has 2 aromatic heterocycles. The SMILES string of the molecule is CCOC(=O)C1=C(c2ccccc2)N=c2s/c(=C/c3c[nH]c4ccccc34)c(=O)n2[C@@H]1c1cccc(OC)c1. The lowest BCUT2D eigenvalue weighted by molar-refractivity contribution is -0.138. The molecule has 7 nitrogen and oxygen atoms in total. The van der Waals surface area contributed by atoms with Crippen LogP contribution in [0.3, 0.4) is 0 Å². The van der Waals surface area contributed by atoms with Crippen molar-refractivity contribution >= 4 is 40.0 Å². The molecule has 0 bridgehead atoms. The highest BCUT2D eigenvalue weighted by Gasteiger charge is 2.35. The van der Waals surface area contributed by atoms with Gasteiger partial charge in [0.1, 0.15) is 5.75 Å². The molecule has 1 aliphatic heterocycles. The second kappa shape index (κ2) is 10.2. The summed E-state index contributed by atoms with van der Waals surface area (Å²) < 4.78 is 13.1. The topological polar surface area (TPSA) is 85.7 Å². The maximum atomic E-state index is 14.0. The lowest BCUT2D eigenvalue weighted by atomic mass is 9.93. The minimum absolute atomic E-state index is 0.195. The van der Waals surface area contributed by atoms with Gasteiger partial charge < -0.3 is 14.5 Å². The first-order valence-corrected chi connectivity index (χ1v) is 13.4. The predicted molar refractivity (Wildman–Crippen MR) is 152 cm³/mol. The second-order valence-corrected chi connectivity index (χ2v) is 10.0. The Hall–Kier alpha value is -4.69. The molecule has 8 heteroatoms. The van der Waals surface area contributed by atoms with Crippen LogP contribution in [0.25, 0.3) is 22.7 Å². The highest BCUT2D eigenvalue weighted by molar-refractivity contribution is 7.07. The summed E-state index contributed by atoms with van der Waals surface area (Å²) in [4.78, 5) is 36.3. The maximum absolute atomic E-state index is 14.0. The first kappa shape index (κ1) is 24.6. The van der Waals surface area contributed by atoms with Crippen LogP contribution < -0.4 is 19.6 Å². The second-order valence-electron chi connectivity index (χ2n) is 9.00. The molecule has 0 saturated carbocycles. The largest absolute Gasteiger partial charge is 0.497 e. The summed E-state index contributed by atoms with van der Waals surface area (Å²) in [6.45, 7) is 1.96. The number of carbonyl (C=O) groups is 1. The van der Waals surface area contributed by atoms with Gasteiger partial charge in [-0.1, -0.05) is 72.0 Å². The van der Waals surface area contributed by atoms with Gasteiger partial charge in [0, 0.05) is 28.2 Å². The van der Waals surface area contributed by atoms with Crippen molar-refractivity contribution in [2.75, 3.05) is 13.7 Å². The molecule has 0 unspecified atom stereocenters. The van der Waals surface area contributed by atoms with Gasteiger partial charge in [-0.15, -0.1) is 0 Å². The van der Waals surface area contributed by atoms with Crippen LogP contribution in [-0.2, 0) is 9.53 Å². The molecule has 0 saturated heterocycles. The van der Waals surface area contributed by atoms with Crippen molar-refractivity contribution in [3.63, 3.8) is 0 Å². The van der Waals surface area contributed by atoms with Gasteiger partial charge in [-0.05, 0) is 36.8 Å². The van der Waals surface area contributed by atoms with Crippen molar-refractivity contribution in [3.8, 4) is 5.75 Å². The number of benzene rings is 3. The Bertz CT molecular complexity index is 1910. The minimum Gasteiger partial charge on any atom is -0.497 e. The zero-order valence-electron chi connectivity index (χ0n) is 21.4. The molecule has 6 rings (SSSR count). The number of para-hydroxylation sites is 1. The first-order valence-electron chi connectivity index (χ1n) is 12.6. The molecular formula is C31H25N3O4S. The lowest BCUT2D eigenvalue weighted by Gasteiger charge is -2.26. The molecule has 3 heterocycles. The molecule has 0 fully saturated rings. The van der Waals surface area contributed by atoms with Gasteiger partial charge in [-0.2, -0.15) is 0 Å². The quantitative estimate of drug-likeness (QED) is 0.326. The number of rotatable bonds is 6. The number of aromatic nitrogens is 2. The van der Waals surface area contributed by atoms with Crippen LogP contribution in [0, 0.1) is 0 Å². The Morgan fingerprint density at radius 1 is 1.08 bits per heavy atom. The highest BCUT2D eigenvalue weighted by Crippen LogP contribution is 2.36. The van der Waals surface area contributed by atoms with E-state index in [-0.39, 0.29) is 12.2 Å². The number of hydrogen-bond acceptors (Lipinski definition) is 6. The molecule has 1 N–H and O–H groups in total. The van der Waals surface area contributed by atoms with E-state index in [0.29, 0.717) is 26.4 Å². The van der Waals surface area contributed by atoms with Gasteiger partial charge in [0.05, 0.1) is 35.6 Å². The van der Waals surface area contributed by atoms with Crippen molar-refractivity contribution in [1.29, 1.82) is 0 Å². The number of methoxy groups -OCH3 is 1. The van der Waals surface area contributed by atoms with E-state index in [1.807, 2.05) is 91.1 Å². The number of carbonyl (C=O) groups excluding carboxylic acids is 1. The Balaban J connectivity index is 1.66. The summed E-state index contributed by atoms with van der Waals surface area (Å²) in [6, 6.07) is 24.1. The van der Waals surface area contributed by atoms with E-state index in [0.717, 1.165) is 27.6 Å². The van der Waals surface area contributed by atoms with Gasteiger partial charge in [0.2, 0.25) is 0 Å². The summed E-state index contributed by atoms with van der Waals surface area (Å²) >= 11 is 1.30. The summed E-state index contributed by atoms with van der Waals surface area (Å²) in [6.07, 6.45) is 3.77. The van der Waals surface area contributed by atoms with Gasteiger partial charge in [0.25, 0.3) is 5.56 Å². The molecular weight excluding hydrogens is 510 g/mol. The normalized spacial score (nSPS) is 15.2. The monoisotopic (exact) mass is 535 g/mol. The van der Waals surface area contributed by atoms with E-state index < -0.39 is 12.0 Å². The average molecular weight is 536 g/mol. The smallest absolute Gasteiger partial charge is 0.338 e. The number of hydrogen-bond donors (Lipinski definition) is 1. The summed E-state index contributed by atoms with van der Waals surface area (Å²) in [5, 5.41) is 1.02. The summed E-state index contributed by atoms with van der Waals surface area (Å²) in [7, 11) is 1.59. The molecule has 0 spiro atoms. The molecule has 39 heavy (non-hydrogen) atoms. The number of nitrogens with zero attached hydrogens (tertiary/aromatic N) is 2. The van der Waals surface area contributed by atoms with Gasteiger partial charge >= 0.3 is 5.97 Å². The van der Waals surface area contributed by atoms with Crippen molar-refractivity contribution in [2.45, 2.75) is 13.0 Å². The van der Waals surface area contributed by atoms with Crippen LogP contribution in [0.2, 0.25) is 0 Å². The van der Waals surface area contributed by atoms with Crippen molar-refractivity contribution in [3.05, 3.63) is 127 Å². The molecule has 0 aliphatic carbocycles. The van der Waals surface area contributed by atoms with Gasteiger partial charge in [-0.25, -0.2) is 9.79 Å². The predicted octanol–water partition coefficient (Wildman–Crippen LogP) is 4.43. The lowest BCUT2D eigenvalue weighted by Crippen LogP contribution is -2.40. The van der Waals surface area contributed by atoms with E-state index in [9.17, 15) is 9.59 Å². The van der Waals surface area contributed by atoms with Gasteiger partial charge in [0.15, 0.2) is 4.80 Å². The number of aromatic amines is 1. The molecule has 1 aliphatic rings. The van der Waals surface area contributed by atoms with Crippen LogP contribution in [0.4, 0.5) is 0 Å². The Kier molecular flexibility index (Phi) is 6.46. The maximum Gasteiger partial charge on any atom is 0.338 e. The van der Waals surface area contributed by atoms with E-state index >= 15 is 0 Å². The van der Waals surface area contributed by atoms with Crippen LogP contribution in [0.15, 0.2) is 100 Å². The average Bonchev–Trinajstić information content (AvgIpc) is 3.53. The van der Waals surface area contributed by atoms with Crippen molar-refractivity contribution < 1.29 is 14.3 Å². The third-order valence-corrected chi connectivity index (χ3v) is 7.67. The third kappa shape index (κ3) is 4.38. The number of fused-ring (bicyclic) bond motifs is 2. The molecule has 0 radical (unpaired) electrons. The zero-order valence-corrected chi connectivity index (χ0v) is 22.2. The number of ether oxygens (including phenoxy) is 2. The fourth-order valence-electron chi connectivity index (χ4n) is 4.92. The van der Waals surface area contributed by atoms with Crippen LogP contribution in [0.1, 0.15) is 29.7 Å². The number of thiazole rings is 1. The minimum atomic E-state index is -0.754. The van der Waals surface area contributed by atoms with Crippen LogP contribution >= 0.6 is 11.3 Å². The van der Waals surface area contributed by atoms with Crippen LogP contribution in [0.5, 0.6) is 5.75 Å². The van der Waals surface area contributed by atoms with E-state index in [1.54, 1.807) is 18.6 Å². The van der Waals surface area contributed by atoms with Crippen molar-refractivity contribution in [1.82, 2.24) is 9.55 Å². The third-order valence-electron chi connectivity index (χ3n) is 6.69. The Labute approximate surface area is 228 Å². The zero-order chi connectivity index (χ0) is 26.9. The summed E-state index contributed by atoms with van der Waals surface area (Å²) in [5.74, 6) is 0.105. The Morgan fingerprint density at radius 2 is 1.87 bits per heavy atom. The summed E-state index contributed by atoms with van der Waals surface area (Å²) in [5.41, 5.74) is 3.95. The fourth-order valence-corrected chi connectivity index (χ4v) is 5.91.